The van der Waals surface area contributed by atoms with Crippen LogP contribution in [0.15, 0.2) is 12.3 Å². The lowest BCUT2D eigenvalue weighted by Crippen LogP contribution is -2.30. The van der Waals surface area contributed by atoms with Crippen molar-refractivity contribution in [1.82, 2.24) is 10.3 Å². The van der Waals surface area contributed by atoms with Gasteiger partial charge in [-0.15, -0.1) is 0 Å². The minimum Gasteiger partial charge on any atom is -0.397 e. The highest BCUT2D eigenvalue weighted by atomic mass is 16.3. The van der Waals surface area contributed by atoms with Crippen molar-refractivity contribution in [3.8, 4) is 0 Å². The molecule has 0 bridgehead atoms. The maximum absolute atomic E-state index is 11.7. The van der Waals surface area contributed by atoms with E-state index in [0.29, 0.717) is 23.8 Å². The van der Waals surface area contributed by atoms with E-state index in [1.807, 2.05) is 0 Å². The smallest absolute Gasteiger partial charge is 0.267 e. The van der Waals surface area contributed by atoms with Crippen LogP contribution in [-0.4, -0.2) is 29.1 Å². The summed E-state index contributed by atoms with van der Waals surface area (Å²) in [6.07, 6.45) is 4.37. The van der Waals surface area contributed by atoms with E-state index in [1.54, 1.807) is 12.3 Å². The number of hydrogen-bond acceptors (Lipinski definition) is 3. The van der Waals surface area contributed by atoms with Gasteiger partial charge in [0.25, 0.3) is 5.91 Å². The predicted molar refractivity (Wildman–Crippen MR) is 67.6 cm³/mol. The zero-order valence-electron chi connectivity index (χ0n) is 10.2. The predicted octanol–water partition coefficient (Wildman–Crippen LogP) is 1.13. The molecule has 0 aliphatic heterocycles. The molecule has 5 heteroatoms. The third-order valence-corrected chi connectivity index (χ3v) is 2.74. The van der Waals surface area contributed by atoms with Crippen LogP contribution in [0.2, 0.25) is 0 Å². The molecule has 1 heterocycles. The number of rotatable bonds is 7. The number of aromatic nitrogens is 1. The molecule has 1 unspecified atom stereocenters. The van der Waals surface area contributed by atoms with Gasteiger partial charge in [-0.25, -0.2) is 0 Å². The van der Waals surface area contributed by atoms with Gasteiger partial charge < -0.3 is 21.1 Å². The average Bonchev–Trinajstić information content (AvgIpc) is 2.73. The molecule has 0 aromatic carbocycles. The molecular weight excluding hydrogens is 218 g/mol. The van der Waals surface area contributed by atoms with Crippen LogP contribution >= 0.6 is 0 Å². The molecule has 96 valence electrons. The van der Waals surface area contributed by atoms with Crippen molar-refractivity contribution in [2.24, 2.45) is 5.92 Å². The van der Waals surface area contributed by atoms with E-state index < -0.39 is 0 Å². The fraction of sp³-hybridized carbons (Fsp3) is 0.583. The minimum atomic E-state index is -0.152. The summed E-state index contributed by atoms with van der Waals surface area (Å²) >= 11 is 0. The Balaban J connectivity index is 2.40. The number of nitrogen functional groups attached to an aromatic ring is 1. The molecule has 1 atom stereocenters. The molecule has 1 rings (SSSR count). The minimum absolute atomic E-state index is 0.152. The summed E-state index contributed by atoms with van der Waals surface area (Å²) in [6.45, 7) is 2.85. The van der Waals surface area contributed by atoms with Gasteiger partial charge in [-0.2, -0.15) is 0 Å². The van der Waals surface area contributed by atoms with Gasteiger partial charge in [0.2, 0.25) is 0 Å². The van der Waals surface area contributed by atoms with E-state index in [9.17, 15) is 4.79 Å². The largest absolute Gasteiger partial charge is 0.397 e. The Labute approximate surface area is 101 Å². The standard InChI is InChI=1S/C12H21N3O2/c1-2-3-9(4-5-16)7-15-12(17)11-6-10(13)8-14-11/h6,8-9,14,16H,2-5,7,13H2,1H3,(H,15,17). The molecule has 1 amide bonds. The van der Waals surface area contributed by atoms with Crippen LogP contribution in [0.5, 0.6) is 0 Å². The SMILES string of the molecule is CCCC(CCO)CNC(=O)c1cc(N)c[nH]1. The molecule has 0 aliphatic rings. The molecule has 0 spiro atoms. The number of carbonyl (C=O) groups is 1. The van der Waals surface area contributed by atoms with Crippen LogP contribution in [0.25, 0.3) is 0 Å². The summed E-state index contributed by atoms with van der Waals surface area (Å²) < 4.78 is 0. The monoisotopic (exact) mass is 239 g/mol. The highest BCUT2D eigenvalue weighted by Crippen LogP contribution is 2.10. The maximum atomic E-state index is 11.7. The van der Waals surface area contributed by atoms with E-state index in [0.717, 1.165) is 19.3 Å². The topological polar surface area (TPSA) is 91.1 Å². The molecule has 0 fully saturated rings. The molecule has 5 N–H and O–H groups in total. The molecule has 0 saturated carbocycles. The van der Waals surface area contributed by atoms with E-state index in [2.05, 4.69) is 17.2 Å². The highest BCUT2D eigenvalue weighted by molar-refractivity contribution is 5.93. The van der Waals surface area contributed by atoms with Crippen molar-refractivity contribution in [3.63, 3.8) is 0 Å². The van der Waals surface area contributed by atoms with Crippen LogP contribution in [0.3, 0.4) is 0 Å². The second-order valence-electron chi connectivity index (χ2n) is 4.22. The lowest BCUT2D eigenvalue weighted by molar-refractivity contribution is 0.0938. The zero-order chi connectivity index (χ0) is 12.7. The summed E-state index contributed by atoms with van der Waals surface area (Å²) in [4.78, 5) is 14.5. The van der Waals surface area contributed by atoms with Gasteiger partial charge in [0.05, 0.1) is 0 Å². The number of aliphatic hydroxyl groups excluding tert-OH is 1. The molecular formula is C12H21N3O2. The number of H-pyrrole nitrogens is 1. The first kappa shape index (κ1) is 13.6. The first-order chi connectivity index (χ1) is 8.17. The van der Waals surface area contributed by atoms with Crippen molar-refractivity contribution in [2.75, 3.05) is 18.9 Å². The Morgan fingerprint density at radius 2 is 2.35 bits per heavy atom. The Bertz CT molecular complexity index is 343. The third kappa shape index (κ3) is 4.48. The quantitative estimate of drug-likeness (QED) is 0.574. The number of nitrogens with two attached hydrogens (primary N) is 1. The lowest BCUT2D eigenvalue weighted by Gasteiger charge is -2.15. The molecule has 5 nitrogen and oxygen atoms in total. The van der Waals surface area contributed by atoms with E-state index in [-0.39, 0.29) is 12.5 Å². The van der Waals surface area contributed by atoms with E-state index in [4.69, 9.17) is 10.8 Å². The Morgan fingerprint density at radius 3 is 2.88 bits per heavy atom. The van der Waals surface area contributed by atoms with Gasteiger partial charge in [-0.05, 0) is 24.8 Å². The van der Waals surface area contributed by atoms with Gasteiger partial charge in [-0.1, -0.05) is 13.3 Å². The summed E-state index contributed by atoms with van der Waals surface area (Å²) in [5.41, 5.74) is 6.55. The normalized spacial score (nSPS) is 12.4. The van der Waals surface area contributed by atoms with Gasteiger partial charge in [0, 0.05) is 25.0 Å². The number of anilines is 1. The maximum Gasteiger partial charge on any atom is 0.267 e. The van der Waals surface area contributed by atoms with Crippen molar-refractivity contribution in [2.45, 2.75) is 26.2 Å². The summed E-state index contributed by atoms with van der Waals surface area (Å²) in [7, 11) is 0. The van der Waals surface area contributed by atoms with Crippen LogP contribution in [0.4, 0.5) is 5.69 Å². The zero-order valence-corrected chi connectivity index (χ0v) is 10.2. The molecule has 0 saturated heterocycles. The molecule has 17 heavy (non-hydrogen) atoms. The second kappa shape index (κ2) is 6.96. The van der Waals surface area contributed by atoms with Gasteiger partial charge in [0.15, 0.2) is 0 Å². The number of amides is 1. The Kier molecular flexibility index (Phi) is 5.56. The van der Waals surface area contributed by atoms with Crippen LogP contribution in [0.1, 0.15) is 36.7 Å². The number of aromatic amines is 1. The number of carbonyl (C=O) groups excluding carboxylic acids is 1. The van der Waals surface area contributed by atoms with Crippen LogP contribution in [-0.2, 0) is 0 Å². The lowest BCUT2D eigenvalue weighted by atomic mass is 10.0. The molecule has 1 aromatic rings. The fourth-order valence-electron chi connectivity index (χ4n) is 1.81. The number of nitrogens with one attached hydrogen (secondary N) is 2. The summed E-state index contributed by atoms with van der Waals surface area (Å²) in [5.74, 6) is 0.182. The first-order valence-electron chi connectivity index (χ1n) is 6.00. The molecule has 0 aliphatic carbocycles. The van der Waals surface area contributed by atoms with Crippen molar-refractivity contribution in [3.05, 3.63) is 18.0 Å². The third-order valence-electron chi connectivity index (χ3n) is 2.74. The highest BCUT2D eigenvalue weighted by Gasteiger charge is 2.11. The number of hydrogen-bond donors (Lipinski definition) is 4. The van der Waals surface area contributed by atoms with Crippen molar-refractivity contribution < 1.29 is 9.90 Å². The van der Waals surface area contributed by atoms with Gasteiger partial charge in [-0.3, -0.25) is 4.79 Å². The average molecular weight is 239 g/mol. The Morgan fingerprint density at radius 1 is 1.59 bits per heavy atom. The molecule has 0 radical (unpaired) electrons. The van der Waals surface area contributed by atoms with Crippen LogP contribution in [0, 0.1) is 5.92 Å². The van der Waals surface area contributed by atoms with Gasteiger partial charge in [0.1, 0.15) is 5.69 Å². The first-order valence-corrected chi connectivity index (χ1v) is 6.00. The summed E-state index contributed by atoms with van der Waals surface area (Å²) in [6, 6.07) is 1.61. The fourth-order valence-corrected chi connectivity index (χ4v) is 1.81. The van der Waals surface area contributed by atoms with E-state index in [1.165, 1.54) is 0 Å². The van der Waals surface area contributed by atoms with Crippen molar-refractivity contribution in [1.29, 1.82) is 0 Å². The Hall–Kier alpha value is -1.49. The molecule has 1 aromatic heterocycles. The summed E-state index contributed by atoms with van der Waals surface area (Å²) in [5, 5.41) is 11.8. The second-order valence-corrected chi connectivity index (χ2v) is 4.22. The van der Waals surface area contributed by atoms with E-state index >= 15 is 0 Å². The number of aliphatic hydroxyl groups is 1. The van der Waals surface area contributed by atoms with Crippen LogP contribution < -0.4 is 11.1 Å². The van der Waals surface area contributed by atoms with Gasteiger partial charge >= 0.3 is 0 Å². The van der Waals surface area contributed by atoms with Crippen molar-refractivity contribution >= 4 is 11.6 Å².